The molecule has 0 aromatic rings. The third-order valence-electron chi connectivity index (χ3n) is 2.03. The highest BCUT2D eigenvalue weighted by molar-refractivity contribution is 5.50. The van der Waals surface area contributed by atoms with Crippen LogP contribution >= 0.6 is 0 Å². The Labute approximate surface area is 55.6 Å². The van der Waals surface area contributed by atoms with Crippen LogP contribution in [0.5, 0.6) is 0 Å². The Morgan fingerprint density at radius 1 is 1.78 bits per heavy atom. The maximum Gasteiger partial charge on any atom is 0.120 e. The van der Waals surface area contributed by atoms with Crippen molar-refractivity contribution < 1.29 is 4.79 Å². The third kappa shape index (κ3) is 1.52. The van der Waals surface area contributed by atoms with Crippen molar-refractivity contribution in [2.75, 3.05) is 13.1 Å². The largest absolute Gasteiger partial charge is 0.316 e. The lowest BCUT2D eigenvalue weighted by molar-refractivity contribution is -0.109. The van der Waals surface area contributed by atoms with E-state index in [9.17, 15) is 4.79 Å². The highest BCUT2D eigenvalue weighted by atomic mass is 16.1. The Morgan fingerprint density at radius 2 is 2.56 bits per heavy atom. The van der Waals surface area contributed by atoms with E-state index in [0.29, 0.717) is 6.42 Å². The van der Waals surface area contributed by atoms with E-state index in [1.54, 1.807) is 0 Å². The predicted octanol–water partition coefficient (Wildman–Crippen LogP) is 0.575. The Kier molecular flexibility index (Phi) is 1.86. The first-order valence-corrected chi connectivity index (χ1v) is 3.41. The van der Waals surface area contributed by atoms with Gasteiger partial charge in [0, 0.05) is 13.0 Å². The molecule has 1 fully saturated rings. The molecule has 0 saturated carbocycles. The molecule has 1 N–H and O–H groups in total. The molecule has 1 rings (SSSR count). The van der Waals surface area contributed by atoms with Crippen LogP contribution in [0.1, 0.15) is 19.8 Å². The minimum absolute atomic E-state index is 0.266. The van der Waals surface area contributed by atoms with Crippen LogP contribution in [0, 0.1) is 5.41 Å². The molecule has 0 spiro atoms. The zero-order valence-electron chi connectivity index (χ0n) is 5.81. The van der Waals surface area contributed by atoms with Crippen LogP contribution < -0.4 is 5.32 Å². The lowest BCUT2D eigenvalue weighted by Gasteiger charge is -2.17. The Bertz CT molecular complexity index is 105. The standard InChI is InChI=1S/C7H13NO/c1-7(3-5-9)2-4-8-6-7/h5,8H,2-4,6H2,1H3. The number of nitrogens with one attached hydrogen (secondary N) is 1. The molecular formula is C7H13NO. The summed E-state index contributed by atoms with van der Waals surface area (Å²) in [5.41, 5.74) is 0.266. The van der Waals surface area contributed by atoms with Crippen LogP contribution in [0.25, 0.3) is 0 Å². The lowest BCUT2D eigenvalue weighted by Crippen LogP contribution is -2.20. The second-order valence-corrected chi connectivity index (χ2v) is 3.11. The van der Waals surface area contributed by atoms with Gasteiger partial charge in [-0.3, -0.25) is 0 Å². The van der Waals surface area contributed by atoms with Crippen LogP contribution in [-0.2, 0) is 4.79 Å². The van der Waals surface area contributed by atoms with Crippen molar-refractivity contribution in [3.8, 4) is 0 Å². The Hall–Kier alpha value is -0.370. The SMILES string of the molecule is CC1(CC=O)CCNC1. The smallest absolute Gasteiger partial charge is 0.120 e. The molecule has 9 heavy (non-hydrogen) atoms. The molecule has 2 nitrogen and oxygen atoms in total. The molecule has 1 atom stereocenters. The monoisotopic (exact) mass is 127 g/mol. The maximum atomic E-state index is 10.1. The van der Waals surface area contributed by atoms with Crippen LogP contribution in [0.2, 0.25) is 0 Å². The minimum Gasteiger partial charge on any atom is -0.316 e. The fraction of sp³-hybridized carbons (Fsp3) is 0.857. The topological polar surface area (TPSA) is 29.1 Å². The van der Waals surface area contributed by atoms with E-state index < -0.39 is 0 Å². The second-order valence-electron chi connectivity index (χ2n) is 3.11. The first-order chi connectivity index (χ1) is 4.27. The second kappa shape index (κ2) is 2.48. The van der Waals surface area contributed by atoms with Gasteiger partial charge in [-0.1, -0.05) is 6.92 Å². The molecule has 1 saturated heterocycles. The molecule has 52 valence electrons. The third-order valence-corrected chi connectivity index (χ3v) is 2.03. The first-order valence-electron chi connectivity index (χ1n) is 3.41. The summed E-state index contributed by atoms with van der Waals surface area (Å²) >= 11 is 0. The van der Waals surface area contributed by atoms with Gasteiger partial charge in [-0.2, -0.15) is 0 Å². The summed E-state index contributed by atoms with van der Waals surface area (Å²) in [4.78, 5) is 10.1. The van der Waals surface area contributed by atoms with Gasteiger partial charge in [0.15, 0.2) is 0 Å². The fourth-order valence-corrected chi connectivity index (χ4v) is 1.24. The summed E-state index contributed by atoms with van der Waals surface area (Å²) in [6, 6.07) is 0. The molecule has 1 heterocycles. The van der Waals surface area contributed by atoms with Crippen molar-refractivity contribution in [1.82, 2.24) is 5.32 Å². The van der Waals surface area contributed by atoms with E-state index in [0.717, 1.165) is 25.8 Å². The molecule has 2 heteroatoms. The predicted molar refractivity (Wildman–Crippen MR) is 36.3 cm³/mol. The molecule has 1 unspecified atom stereocenters. The average Bonchev–Trinajstić information content (AvgIpc) is 2.16. The van der Waals surface area contributed by atoms with Crippen molar-refractivity contribution >= 4 is 6.29 Å². The summed E-state index contributed by atoms with van der Waals surface area (Å²) in [7, 11) is 0. The van der Waals surface area contributed by atoms with Gasteiger partial charge in [-0.15, -0.1) is 0 Å². The molecule has 0 aromatic carbocycles. The number of carbonyl (C=O) groups is 1. The zero-order valence-corrected chi connectivity index (χ0v) is 5.81. The van der Waals surface area contributed by atoms with Gasteiger partial charge in [0.05, 0.1) is 0 Å². The van der Waals surface area contributed by atoms with E-state index in [4.69, 9.17) is 0 Å². The average molecular weight is 127 g/mol. The molecule has 0 radical (unpaired) electrons. The van der Waals surface area contributed by atoms with Gasteiger partial charge in [-0.25, -0.2) is 0 Å². The van der Waals surface area contributed by atoms with Crippen molar-refractivity contribution in [1.29, 1.82) is 0 Å². The molecule has 0 aromatic heterocycles. The normalized spacial score (nSPS) is 34.8. The van der Waals surface area contributed by atoms with E-state index in [-0.39, 0.29) is 5.41 Å². The first kappa shape index (κ1) is 6.75. The van der Waals surface area contributed by atoms with Crippen molar-refractivity contribution in [3.63, 3.8) is 0 Å². The van der Waals surface area contributed by atoms with E-state index >= 15 is 0 Å². The van der Waals surface area contributed by atoms with Gasteiger partial charge < -0.3 is 10.1 Å². The Balaban J connectivity index is 2.40. The molecule has 0 bridgehead atoms. The summed E-state index contributed by atoms with van der Waals surface area (Å²) in [5.74, 6) is 0. The van der Waals surface area contributed by atoms with E-state index in [1.165, 1.54) is 0 Å². The molecule has 0 aliphatic carbocycles. The molecule has 0 amide bonds. The number of rotatable bonds is 2. The summed E-state index contributed by atoms with van der Waals surface area (Å²) in [5, 5.41) is 3.24. The molecular weight excluding hydrogens is 114 g/mol. The molecule has 1 aliphatic heterocycles. The fourth-order valence-electron chi connectivity index (χ4n) is 1.24. The van der Waals surface area contributed by atoms with Crippen LogP contribution in [0.4, 0.5) is 0 Å². The summed E-state index contributed by atoms with van der Waals surface area (Å²) in [6.07, 6.45) is 2.87. The number of aldehydes is 1. The van der Waals surface area contributed by atoms with Gasteiger partial charge in [0.25, 0.3) is 0 Å². The van der Waals surface area contributed by atoms with Gasteiger partial charge >= 0.3 is 0 Å². The molecule has 1 aliphatic rings. The van der Waals surface area contributed by atoms with Crippen molar-refractivity contribution in [2.24, 2.45) is 5.41 Å². The van der Waals surface area contributed by atoms with Crippen LogP contribution in [0.3, 0.4) is 0 Å². The van der Waals surface area contributed by atoms with Gasteiger partial charge in [0.2, 0.25) is 0 Å². The lowest BCUT2D eigenvalue weighted by atomic mass is 9.87. The van der Waals surface area contributed by atoms with E-state index in [1.807, 2.05) is 0 Å². The van der Waals surface area contributed by atoms with Crippen molar-refractivity contribution in [3.05, 3.63) is 0 Å². The highest BCUT2D eigenvalue weighted by Gasteiger charge is 2.27. The maximum absolute atomic E-state index is 10.1. The van der Waals surface area contributed by atoms with Crippen molar-refractivity contribution in [2.45, 2.75) is 19.8 Å². The van der Waals surface area contributed by atoms with Gasteiger partial charge in [0.1, 0.15) is 6.29 Å². The van der Waals surface area contributed by atoms with E-state index in [2.05, 4.69) is 12.2 Å². The number of hydrogen-bond donors (Lipinski definition) is 1. The highest BCUT2D eigenvalue weighted by Crippen LogP contribution is 2.26. The summed E-state index contributed by atoms with van der Waals surface area (Å²) in [6.45, 7) is 4.23. The zero-order chi connectivity index (χ0) is 6.74. The van der Waals surface area contributed by atoms with Crippen LogP contribution in [-0.4, -0.2) is 19.4 Å². The number of hydrogen-bond acceptors (Lipinski definition) is 2. The van der Waals surface area contributed by atoms with Crippen LogP contribution in [0.15, 0.2) is 0 Å². The minimum atomic E-state index is 0.266. The quantitative estimate of drug-likeness (QED) is 0.550. The summed E-state index contributed by atoms with van der Waals surface area (Å²) < 4.78 is 0. The Morgan fingerprint density at radius 3 is 3.00 bits per heavy atom. The number of carbonyl (C=O) groups excluding carboxylic acids is 1. The van der Waals surface area contributed by atoms with Gasteiger partial charge in [-0.05, 0) is 18.4 Å².